The molecule has 3 heteroatoms. The van der Waals surface area contributed by atoms with Gasteiger partial charge in [0.25, 0.3) is 0 Å². The van der Waals surface area contributed by atoms with E-state index in [1.165, 1.54) is 39.5 Å². The topological polar surface area (TPSA) is 38.3 Å². The lowest BCUT2D eigenvalue weighted by molar-refractivity contribution is 0.0601. The number of nitrogens with one attached hydrogen (secondary N) is 1. The third-order valence-electron chi connectivity index (χ3n) is 2.40. The molecule has 0 spiro atoms. The average Bonchev–Trinajstić information content (AvgIpc) is 2.52. The van der Waals surface area contributed by atoms with E-state index in [0.717, 1.165) is 0 Å². The van der Waals surface area contributed by atoms with Gasteiger partial charge < -0.3 is 10.1 Å². The van der Waals surface area contributed by atoms with Gasteiger partial charge in [-0.05, 0) is 38.1 Å². The van der Waals surface area contributed by atoms with Gasteiger partial charge in [0.15, 0.2) is 0 Å². The molecule has 2 rings (SSSR count). The van der Waals surface area contributed by atoms with Crippen LogP contribution in [0.2, 0.25) is 0 Å². The summed E-state index contributed by atoms with van der Waals surface area (Å²) in [7, 11) is 1.37. The van der Waals surface area contributed by atoms with E-state index in [9.17, 15) is 4.79 Å². The summed E-state index contributed by atoms with van der Waals surface area (Å²) in [6.07, 6.45) is 4.22. The van der Waals surface area contributed by atoms with Gasteiger partial charge in [-0.25, -0.2) is 4.79 Å². The standard InChI is InChI=1S/C8H8O2.C5H11N.C2H6/c1-10-8(9)7-5-3-2-4-6-7;1-2-4-6-5-3-1;1-2/h2-6H,1H3;6H,1-5H2;1-2H3. The number of benzene rings is 1. The Hall–Kier alpha value is -1.35. The number of hydrogen-bond acceptors (Lipinski definition) is 3. The second-order valence-electron chi connectivity index (χ2n) is 3.67. The van der Waals surface area contributed by atoms with Crippen molar-refractivity contribution in [1.82, 2.24) is 5.32 Å². The van der Waals surface area contributed by atoms with Crippen LogP contribution in [0.15, 0.2) is 30.3 Å². The van der Waals surface area contributed by atoms with Crippen LogP contribution in [-0.2, 0) is 4.74 Å². The summed E-state index contributed by atoms with van der Waals surface area (Å²) >= 11 is 0. The van der Waals surface area contributed by atoms with Gasteiger partial charge in [0.05, 0.1) is 12.7 Å². The molecule has 1 fully saturated rings. The van der Waals surface area contributed by atoms with Crippen molar-refractivity contribution in [2.24, 2.45) is 0 Å². The van der Waals surface area contributed by atoms with Gasteiger partial charge in [-0.1, -0.05) is 38.5 Å². The number of carbonyl (C=O) groups is 1. The highest BCUT2D eigenvalue weighted by atomic mass is 16.5. The fraction of sp³-hybridized carbons (Fsp3) is 0.533. The molecule has 0 amide bonds. The highest BCUT2D eigenvalue weighted by Gasteiger charge is 2.00. The normalized spacial score (nSPS) is 13.3. The van der Waals surface area contributed by atoms with E-state index in [1.807, 2.05) is 19.9 Å². The largest absolute Gasteiger partial charge is 0.465 e. The van der Waals surface area contributed by atoms with E-state index < -0.39 is 0 Å². The van der Waals surface area contributed by atoms with Gasteiger partial charge in [0.1, 0.15) is 0 Å². The average molecular weight is 251 g/mol. The number of methoxy groups -OCH3 is 1. The van der Waals surface area contributed by atoms with Crippen molar-refractivity contribution < 1.29 is 9.53 Å². The van der Waals surface area contributed by atoms with Crippen molar-refractivity contribution in [1.29, 1.82) is 0 Å². The first-order valence-corrected chi connectivity index (χ1v) is 6.68. The third kappa shape index (κ3) is 7.85. The maximum atomic E-state index is 10.8. The van der Waals surface area contributed by atoms with E-state index in [-0.39, 0.29) is 5.97 Å². The van der Waals surface area contributed by atoms with Gasteiger partial charge >= 0.3 is 5.97 Å². The van der Waals surface area contributed by atoms with Crippen molar-refractivity contribution >= 4 is 5.97 Å². The summed E-state index contributed by atoms with van der Waals surface area (Å²) in [5.41, 5.74) is 0.588. The maximum absolute atomic E-state index is 10.8. The second-order valence-corrected chi connectivity index (χ2v) is 3.67. The summed E-state index contributed by atoms with van der Waals surface area (Å²) in [5.74, 6) is -0.291. The van der Waals surface area contributed by atoms with E-state index in [0.29, 0.717) is 5.56 Å². The van der Waals surface area contributed by atoms with Crippen LogP contribution < -0.4 is 5.32 Å². The zero-order valence-corrected chi connectivity index (χ0v) is 11.7. The number of ether oxygens (including phenoxy) is 1. The van der Waals surface area contributed by atoms with E-state index in [1.54, 1.807) is 24.3 Å². The monoisotopic (exact) mass is 251 g/mol. The Bertz CT molecular complexity index is 283. The van der Waals surface area contributed by atoms with Crippen LogP contribution in [-0.4, -0.2) is 26.2 Å². The van der Waals surface area contributed by atoms with Crippen molar-refractivity contribution in [3.63, 3.8) is 0 Å². The molecule has 18 heavy (non-hydrogen) atoms. The number of piperidine rings is 1. The second kappa shape index (κ2) is 12.1. The molecule has 1 aromatic carbocycles. The Balaban J connectivity index is 0.000000308. The van der Waals surface area contributed by atoms with E-state index in [2.05, 4.69) is 10.1 Å². The van der Waals surface area contributed by atoms with E-state index >= 15 is 0 Å². The van der Waals surface area contributed by atoms with Crippen LogP contribution in [0.25, 0.3) is 0 Å². The fourth-order valence-corrected chi connectivity index (χ4v) is 1.49. The highest BCUT2D eigenvalue weighted by molar-refractivity contribution is 5.89. The fourth-order valence-electron chi connectivity index (χ4n) is 1.49. The van der Waals surface area contributed by atoms with Gasteiger partial charge in [-0.3, -0.25) is 0 Å². The van der Waals surface area contributed by atoms with Crippen molar-refractivity contribution in [3.8, 4) is 0 Å². The predicted molar refractivity (Wildman–Crippen MR) is 75.9 cm³/mol. The molecule has 0 aliphatic carbocycles. The Morgan fingerprint density at radius 2 is 1.61 bits per heavy atom. The maximum Gasteiger partial charge on any atom is 0.337 e. The van der Waals surface area contributed by atoms with Crippen LogP contribution >= 0.6 is 0 Å². The lowest BCUT2D eigenvalue weighted by Crippen LogP contribution is -2.21. The molecule has 0 atom stereocenters. The summed E-state index contributed by atoms with van der Waals surface area (Å²) in [6.45, 7) is 6.50. The first-order valence-electron chi connectivity index (χ1n) is 6.68. The summed E-state index contributed by atoms with van der Waals surface area (Å²) in [5, 5.41) is 3.28. The molecular weight excluding hydrogens is 226 g/mol. The molecule has 1 N–H and O–H groups in total. The van der Waals surface area contributed by atoms with Crippen LogP contribution in [0.3, 0.4) is 0 Å². The Morgan fingerprint density at radius 1 is 1.06 bits per heavy atom. The first kappa shape index (κ1) is 16.6. The highest BCUT2D eigenvalue weighted by Crippen LogP contribution is 1.99. The molecular formula is C15H25NO2. The molecule has 1 aliphatic rings. The molecule has 1 saturated heterocycles. The third-order valence-corrected chi connectivity index (χ3v) is 2.40. The minimum Gasteiger partial charge on any atom is -0.465 e. The Kier molecular flexibility index (Phi) is 11.2. The molecule has 102 valence electrons. The van der Waals surface area contributed by atoms with Crippen molar-refractivity contribution in [2.45, 2.75) is 33.1 Å². The molecule has 1 aromatic rings. The minimum absolute atomic E-state index is 0.291. The Labute approximate surface area is 111 Å². The molecule has 0 saturated carbocycles. The number of carbonyl (C=O) groups excluding carboxylic acids is 1. The molecule has 0 radical (unpaired) electrons. The quantitative estimate of drug-likeness (QED) is 0.779. The van der Waals surface area contributed by atoms with Crippen LogP contribution in [0.5, 0.6) is 0 Å². The number of rotatable bonds is 1. The van der Waals surface area contributed by atoms with Crippen molar-refractivity contribution in [3.05, 3.63) is 35.9 Å². The lowest BCUT2D eigenvalue weighted by Gasteiger charge is -2.08. The molecule has 1 heterocycles. The summed E-state index contributed by atoms with van der Waals surface area (Å²) in [4.78, 5) is 10.8. The van der Waals surface area contributed by atoms with Crippen LogP contribution in [0.1, 0.15) is 43.5 Å². The zero-order valence-electron chi connectivity index (χ0n) is 11.7. The molecule has 3 nitrogen and oxygen atoms in total. The zero-order chi connectivity index (χ0) is 13.6. The number of hydrogen-bond donors (Lipinski definition) is 1. The SMILES string of the molecule is C1CCNCC1.CC.COC(=O)c1ccccc1. The molecule has 0 aromatic heterocycles. The van der Waals surface area contributed by atoms with Gasteiger partial charge in [-0.15, -0.1) is 0 Å². The van der Waals surface area contributed by atoms with Gasteiger partial charge in [0, 0.05) is 0 Å². The van der Waals surface area contributed by atoms with Crippen LogP contribution in [0.4, 0.5) is 0 Å². The van der Waals surface area contributed by atoms with Gasteiger partial charge in [0.2, 0.25) is 0 Å². The molecule has 0 bridgehead atoms. The first-order chi connectivity index (χ1) is 8.84. The Morgan fingerprint density at radius 3 is 1.94 bits per heavy atom. The summed E-state index contributed by atoms with van der Waals surface area (Å²) in [6, 6.07) is 8.88. The molecule has 0 unspecified atom stereocenters. The summed E-state index contributed by atoms with van der Waals surface area (Å²) < 4.78 is 4.50. The van der Waals surface area contributed by atoms with Crippen molar-refractivity contribution in [2.75, 3.05) is 20.2 Å². The predicted octanol–water partition coefficient (Wildman–Crippen LogP) is 3.26. The lowest BCUT2D eigenvalue weighted by atomic mass is 10.2. The molecule has 1 aliphatic heterocycles. The minimum atomic E-state index is -0.291. The van der Waals surface area contributed by atoms with Crippen LogP contribution in [0, 0.1) is 0 Å². The number of esters is 1. The van der Waals surface area contributed by atoms with Gasteiger partial charge in [-0.2, -0.15) is 0 Å². The van der Waals surface area contributed by atoms with E-state index in [4.69, 9.17) is 0 Å². The smallest absolute Gasteiger partial charge is 0.337 e.